The smallest absolute Gasteiger partial charge is 0.407 e. The highest BCUT2D eigenvalue weighted by atomic mass is 16.6. The summed E-state index contributed by atoms with van der Waals surface area (Å²) in [5, 5.41) is 2.89. The molecule has 138 valence electrons. The molecular weight excluding hydrogens is 320 g/mol. The van der Waals surface area contributed by atoms with Crippen molar-refractivity contribution in [2.24, 2.45) is 0 Å². The van der Waals surface area contributed by atoms with Crippen LogP contribution in [0, 0.1) is 0 Å². The SMILES string of the molecule is CC(C)(C)OC(=O)NC1CCN(CC(=O)OCc2ccccc2)CC1. The molecule has 1 aliphatic rings. The van der Waals surface area contributed by atoms with Gasteiger partial charge in [0.1, 0.15) is 12.2 Å². The number of hydrogen-bond acceptors (Lipinski definition) is 5. The fourth-order valence-corrected chi connectivity index (χ4v) is 2.68. The van der Waals surface area contributed by atoms with E-state index in [0.717, 1.165) is 31.5 Å². The fourth-order valence-electron chi connectivity index (χ4n) is 2.68. The summed E-state index contributed by atoms with van der Waals surface area (Å²) in [6.07, 6.45) is 1.21. The van der Waals surface area contributed by atoms with Gasteiger partial charge in [-0.3, -0.25) is 9.69 Å². The van der Waals surface area contributed by atoms with Gasteiger partial charge in [0.2, 0.25) is 0 Å². The number of hydrogen-bond donors (Lipinski definition) is 1. The quantitative estimate of drug-likeness (QED) is 0.829. The van der Waals surface area contributed by atoms with Crippen molar-refractivity contribution >= 4 is 12.1 Å². The molecule has 25 heavy (non-hydrogen) atoms. The van der Waals surface area contributed by atoms with Crippen LogP contribution in [0.5, 0.6) is 0 Å². The summed E-state index contributed by atoms with van der Waals surface area (Å²) in [5.74, 6) is -0.220. The summed E-state index contributed by atoms with van der Waals surface area (Å²) < 4.78 is 10.6. The Labute approximate surface area is 149 Å². The van der Waals surface area contributed by atoms with E-state index >= 15 is 0 Å². The molecule has 0 atom stereocenters. The second kappa shape index (κ2) is 8.85. The number of alkyl carbamates (subject to hydrolysis) is 1. The lowest BCUT2D eigenvalue weighted by molar-refractivity contribution is -0.146. The van der Waals surface area contributed by atoms with E-state index < -0.39 is 5.60 Å². The summed E-state index contributed by atoms with van der Waals surface area (Å²) in [6, 6.07) is 9.73. The van der Waals surface area contributed by atoms with Gasteiger partial charge < -0.3 is 14.8 Å². The number of nitrogens with one attached hydrogen (secondary N) is 1. The second-order valence-corrected chi connectivity index (χ2v) is 7.34. The lowest BCUT2D eigenvalue weighted by atomic mass is 10.1. The molecule has 2 rings (SSSR count). The number of rotatable bonds is 5. The first-order chi connectivity index (χ1) is 11.8. The summed E-state index contributed by atoms with van der Waals surface area (Å²) in [5.41, 5.74) is 0.490. The number of esters is 1. The molecule has 1 fully saturated rings. The predicted molar refractivity (Wildman–Crippen MR) is 95.1 cm³/mol. The Morgan fingerprint density at radius 3 is 2.40 bits per heavy atom. The first-order valence-corrected chi connectivity index (χ1v) is 8.73. The molecule has 1 aromatic rings. The van der Waals surface area contributed by atoms with Crippen LogP contribution in [-0.4, -0.2) is 48.2 Å². The third-order valence-corrected chi connectivity index (χ3v) is 3.90. The van der Waals surface area contributed by atoms with Gasteiger partial charge in [-0.2, -0.15) is 0 Å². The molecular formula is C19H28N2O4. The molecule has 1 aromatic carbocycles. The third kappa shape index (κ3) is 7.56. The van der Waals surface area contributed by atoms with Gasteiger partial charge in [-0.15, -0.1) is 0 Å². The highest BCUT2D eigenvalue weighted by Gasteiger charge is 2.24. The van der Waals surface area contributed by atoms with Crippen LogP contribution in [0.3, 0.4) is 0 Å². The zero-order chi connectivity index (χ0) is 18.3. The number of benzene rings is 1. The number of ether oxygens (including phenoxy) is 2. The maximum Gasteiger partial charge on any atom is 0.407 e. The van der Waals surface area contributed by atoms with Crippen LogP contribution in [0.15, 0.2) is 30.3 Å². The number of carbonyl (C=O) groups is 2. The van der Waals surface area contributed by atoms with Crippen LogP contribution in [-0.2, 0) is 20.9 Å². The number of carbonyl (C=O) groups excluding carboxylic acids is 2. The average molecular weight is 348 g/mol. The van der Waals surface area contributed by atoms with E-state index in [1.165, 1.54) is 0 Å². The number of piperidine rings is 1. The Morgan fingerprint density at radius 2 is 1.80 bits per heavy atom. The van der Waals surface area contributed by atoms with Gasteiger partial charge in [0, 0.05) is 19.1 Å². The van der Waals surface area contributed by atoms with Crippen LogP contribution in [0.2, 0.25) is 0 Å². The molecule has 1 aliphatic heterocycles. The highest BCUT2D eigenvalue weighted by Crippen LogP contribution is 2.12. The predicted octanol–water partition coefficient (Wildman–Crippen LogP) is 2.72. The van der Waals surface area contributed by atoms with E-state index in [0.29, 0.717) is 6.61 Å². The first kappa shape index (κ1) is 19.2. The molecule has 1 saturated heterocycles. The molecule has 1 heterocycles. The van der Waals surface area contributed by atoms with E-state index in [1.807, 2.05) is 51.1 Å². The van der Waals surface area contributed by atoms with Crippen LogP contribution in [0.1, 0.15) is 39.2 Å². The Hall–Kier alpha value is -2.08. The van der Waals surface area contributed by atoms with Crippen molar-refractivity contribution in [3.05, 3.63) is 35.9 Å². The van der Waals surface area contributed by atoms with E-state index in [1.54, 1.807) is 0 Å². The lowest BCUT2D eigenvalue weighted by Crippen LogP contribution is -2.47. The summed E-state index contributed by atoms with van der Waals surface area (Å²) in [7, 11) is 0. The monoisotopic (exact) mass is 348 g/mol. The maximum absolute atomic E-state index is 11.9. The first-order valence-electron chi connectivity index (χ1n) is 8.73. The summed E-state index contributed by atoms with van der Waals surface area (Å²) in [6.45, 7) is 7.62. The van der Waals surface area contributed by atoms with Gasteiger partial charge in [0.15, 0.2) is 0 Å². The molecule has 0 saturated carbocycles. The van der Waals surface area contributed by atoms with Gasteiger partial charge in [-0.1, -0.05) is 30.3 Å². The van der Waals surface area contributed by atoms with Crippen molar-refractivity contribution < 1.29 is 19.1 Å². The molecule has 1 N–H and O–H groups in total. The maximum atomic E-state index is 11.9. The van der Waals surface area contributed by atoms with Crippen molar-refractivity contribution in [2.45, 2.75) is 51.9 Å². The topological polar surface area (TPSA) is 67.9 Å². The van der Waals surface area contributed by atoms with Gasteiger partial charge in [0.05, 0.1) is 6.54 Å². The van der Waals surface area contributed by atoms with Gasteiger partial charge >= 0.3 is 12.1 Å². The second-order valence-electron chi connectivity index (χ2n) is 7.34. The van der Waals surface area contributed by atoms with E-state index in [4.69, 9.17) is 9.47 Å². The molecule has 6 heteroatoms. The van der Waals surface area contributed by atoms with Gasteiger partial charge in [0.25, 0.3) is 0 Å². The molecule has 0 aliphatic carbocycles. The van der Waals surface area contributed by atoms with Crippen LogP contribution in [0.4, 0.5) is 4.79 Å². The van der Waals surface area contributed by atoms with E-state index in [9.17, 15) is 9.59 Å². The van der Waals surface area contributed by atoms with Crippen molar-refractivity contribution in [1.82, 2.24) is 10.2 Å². The zero-order valence-electron chi connectivity index (χ0n) is 15.3. The Balaban J connectivity index is 1.64. The summed E-state index contributed by atoms with van der Waals surface area (Å²) >= 11 is 0. The van der Waals surface area contributed by atoms with Crippen LogP contribution >= 0.6 is 0 Å². The number of amides is 1. The molecule has 1 amide bonds. The van der Waals surface area contributed by atoms with Crippen molar-refractivity contribution in [3.63, 3.8) is 0 Å². The molecule has 0 aromatic heterocycles. The molecule has 6 nitrogen and oxygen atoms in total. The minimum atomic E-state index is -0.493. The molecule has 0 unspecified atom stereocenters. The van der Waals surface area contributed by atoms with Crippen molar-refractivity contribution in [3.8, 4) is 0 Å². The summed E-state index contributed by atoms with van der Waals surface area (Å²) in [4.78, 5) is 25.8. The Morgan fingerprint density at radius 1 is 1.16 bits per heavy atom. The number of nitrogens with zero attached hydrogens (tertiary/aromatic N) is 1. The van der Waals surface area contributed by atoms with Crippen molar-refractivity contribution in [2.75, 3.05) is 19.6 Å². The average Bonchev–Trinajstić information content (AvgIpc) is 2.54. The minimum Gasteiger partial charge on any atom is -0.460 e. The van der Waals surface area contributed by atoms with E-state index in [-0.39, 0.29) is 24.6 Å². The molecule has 0 radical (unpaired) electrons. The zero-order valence-corrected chi connectivity index (χ0v) is 15.3. The van der Waals surface area contributed by atoms with Crippen molar-refractivity contribution in [1.29, 1.82) is 0 Å². The Kier molecular flexibility index (Phi) is 6.82. The Bertz CT molecular complexity index is 561. The van der Waals surface area contributed by atoms with Crippen LogP contribution in [0.25, 0.3) is 0 Å². The van der Waals surface area contributed by atoms with E-state index in [2.05, 4.69) is 10.2 Å². The van der Waals surface area contributed by atoms with Crippen LogP contribution < -0.4 is 5.32 Å². The minimum absolute atomic E-state index is 0.0893. The highest BCUT2D eigenvalue weighted by molar-refractivity contribution is 5.71. The molecule has 0 spiro atoms. The molecule has 0 bridgehead atoms. The normalized spacial score (nSPS) is 16.3. The lowest BCUT2D eigenvalue weighted by Gasteiger charge is -2.32. The largest absolute Gasteiger partial charge is 0.460 e. The fraction of sp³-hybridized carbons (Fsp3) is 0.579. The standard InChI is InChI=1S/C19H28N2O4/c1-19(2,3)25-18(23)20-16-9-11-21(12-10-16)13-17(22)24-14-15-7-5-4-6-8-15/h4-8,16H,9-14H2,1-3H3,(H,20,23). The van der Waals surface area contributed by atoms with Gasteiger partial charge in [-0.25, -0.2) is 4.79 Å². The third-order valence-electron chi connectivity index (χ3n) is 3.90. The van der Waals surface area contributed by atoms with Gasteiger partial charge in [-0.05, 0) is 39.2 Å². The number of likely N-dealkylation sites (tertiary alicyclic amines) is 1.